The molecule has 23 heavy (non-hydrogen) atoms. The number of hydrogen-bond acceptors (Lipinski definition) is 4. The first-order valence-corrected chi connectivity index (χ1v) is 8.58. The van der Waals surface area contributed by atoms with Crippen molar-refractivity contribution in [1.29, 1.82) is 0 Å². The molecule has 1 aromatic heterocycles. The van der Waals surface area contributed by atoms with E-state index in [9.17, 15) is 4.79 Å². The molecule has 1 aliphatic rings. The van der Waals surface area contributed by atoms with Gasteiger partial charge >= 0.3 is 0 Å². The molecule has 1 aliphatic heterocycles. The molecule has 1 aromatic rings. The van der Waals surface area contributed by atoms with Gasteiger partial charge in [-0.3, -0.25) is 9.48 Å². The molecule has 2 rings (SSSR count). The lowest BCUT2D eigenvalue weighted by molar-refractivity contribution is -0.0342. The predicted octanol–water partition coefficient (Wildman–Crippen LogP) is 1.55. The summed E-state index contributed by atoms with van der Waals surface area (Å²) in [4.78, 5) is 14.9. The minimum Gasteiger partial charge on any atom is -0.373 e. The van der Waals surface area contributed by atoms with Crippen LogP contribution in [0.3, 0.4) is 0 Å². The van der Waals surface area contributed by atoms with Gasteiger partial charge in [0.25, 0.3) is 5.91 Å². The normalized spacial score (nSPS) is 20.7. The highest BCUT2D eigenvalue weighted by atomic mass is 16.5. The van der Waals surface area contributed by atoms with Gasteiger partial charge in [-0.2, -0.15) is 5.10 Å². The number of aromatic nitrogens is 2. The van der Waals surface area contributed by atoms with Crippen molar-refractivity contribution in [2.24, 2.45) is 5.92 Å². The van der Waals surface area contributed by atoms with Crippen molar-refractivity contribution in [3.8, 4) is 0 Å². The van der Waals surface area contributed by atoms with Crippen LogP contribution in [-0.4, -0.2) is 59.5 Å². The fraction of sp³-hybridized carbons (Fsp3) is 0.765. The van der Waals surface area contributed by atoms with Gasteiger partial charge in [-0.1, -0.05) is 20.8 Å². The SMILES string of the molecule is CCc1c(C(=O)N[C@H](C)[C@@H]2CN(C)CCO2)cnn1CC(C)C. The summed E-state index contributed by atoms with van der Waals surface area (Å²) in [6.45, 7) is 11.7. The third-order valence-electron chi connectivity index (χ3n) is 4.28. The van der Waals surface area contributed by atoms with Gasteiger partial charge in [0.15, 0.2) is 0 Å². The standard InChI is InChI=1S/C17H30N4O2/c1-6-15-14(9-18-21(15)10-12(2)3)17(22)19-13(4)16-11-20(5)7-8-23-16/h9,12-13,16H,6-8,10-11H2,1-5H3,(H,19,22)/t13-,16+/m1/s1. The molecule has 1 N–H and O–H groups in total. The number of likely N-dealkylation sites (N-methyl/N-ethyl adjacent to an activating group) is 1. The van der Waals surface area contributed by atoms with Crippen molar-refractivity contribution < 1.29 is 9.53 Å². The minimum atomic E-state index is -0.0545. The summed E-state index contributed by atoms with van der Waals surface area (Å²) in [5.41, 5.74) is 1.69. The molecular formula is C17H30N4O2. The Morgan fingerprint density at radius 2 is 2.22 bits per heavy atom. The molecule has 2 heterocycles. The van der Waals surface area contributed by atoms with Crippen molar-refractivity contribution >= 4 is 5.91 Å². The Kier molecular flexibility index (Phi) is 6.18. The van der Waals surface area contributed by atoms with Gasteiger partial charge in [-0.05, 0) is 26.3 Å². The zero-order valence-corrected chi connectivity index (χ0v) is 15.0. The van der Waals surface area contributed by atoms with E-state index < -0.39 is 0 Å². The average Bonchev–Trinajstić information content (AvgIpc) is 2.89. The number of nitrogens with one attached hydrogen (secondary N) is 1. The lowest BCUT2D eigenvalue weighted by Crippen LogP contribution is -2.51. The molecule has 1 amide bonds. The third kappa shape index (κ3) is 4.54. The van der Waals surface area contributed by atoms with Gasteiger partial charge in [0.05, 0.1) is 36.2 Å². The van der Waals surface area contributed by atoms with Crippen LogP contribution in [0.25, 0.3) is 0 Å². The zero-order chi connectivity index (χ0) is 17.0. The van der Waals surface area contributed by atoms with E-state index in [2.05, 4.69) is 43.1 Å². The highest BCUT2D eigenvalue weighted by molar-refractivity contribution is 5.95. The Hall–Kier alpha value is -1.40. The van der Waals surface area contributed by atoms with Crippen molar-refractivity contribution in [2.45, 2.75) is 52.8 Å². The second-order valence-electron chi connectivity index (χ2n) is 6.87. The van der Waals surface area contributed by atoms with Crippen LogP contribution in [0.4, 0.5) is 0 Å². The van der Waals surface area contributed by atoms with E-state index in [1.807, 2.05) is 11.6 Å². The van der Waals surface area contributed by atoms with Crippen LogP contribution in [0, 0.1) is 5.92 Å². The highest BCUT2D eigenvalue weighted by Gasteiger charge is 2.26. The summed E-state index contributed by atoms with van der Waals surface area (Å²) in [7, 11) is 2.08. The molecule has 0 aliphatic carbocycles. The molecule has 2 atom stereocenters. The molecule has 0 radical (unpaired) electrons. The molecular weight excluding hydrogens is 292 g/mol. The Balaban J connectivity index is 2.03. The molecule has 0 spiro atoms. The Bertz CT molecular complexity index is 527. The summed E-state index contributed by atoms with van der Waals surface area (Å²) < 4.78 is 7.74. The molecule has 1 fully saturated rings. The Labute approximate surface area is 139 Å². The van der Waals surface area contributed by atoms with E-state index in [0.29, 0.717) is 18.1 Å². The first-order chi connectivity index (χ1) is 10.9. The summed E-state index contributed by atoms with van der Waals surface area (Å²) in [5.74, 6) is 0.447. The fourth-order valence-electron chi connectivity index (χ4n) is 2.97. The number of hydrogen-bond donors (Lipinski definition) is 1. The second kappa shape index (κ2) is 7.93. The summed E-state index contributed by atoms with van der Waals surface area (Å²) in [6, 6.07) is -0.0246. The van der Waals surface area contributed by atoms with Gasteiger partial charge < -0.3 is 15.0 Å². The third-order valence-corrected chi connectivity index (χ3v) is 4.28. The predicted molar refractivity (Wildman–Crippen MR) is 90.6 cm³/mol. The van der Waals surface area contributed by atoms with E-state index >= 15 is 0 Å². The van der Waals surface area contributed by atoms with E-state index in [1.165, 1.54) is 0 Å². The molecule has 6 heteroatoms. The lowest BCUT2D eigenvalue weighted by atomic mass is 10.1. The second-order valence-corrected chi connectivity index (χ2v) is 6.87. The lowest BCUT2D eigenvalue weighted by Gasteiger charge is -2.33. The largest absolute Gasteiger partial charge is 0.373 e. The van der Waals surface area contributed by atoms with Crippen LogP contribution in [0.1, 0.15) is 43.7 Å². The summed E-state index contributed by atoms with van der Waals surface area (Å²) in [6.07, 6.45) is 2.53. The summed E-state index contributed by atoms with van der Waals surface area (Å²) in [5, 5.41) is 7.48. The number of amides is 1. The Morgan fingerprint density at radius 1 is 1.48 bits per heavy atom. The van der Waals surface area contributed by atoms with E-state index in [4.69, 9.17) is 4.74 Å². The van der Waals surface area contributed by atoms with Crippen LogP contribution in [0.2, 0.25) is 0 Å². The molecule has 1 saturated heterocycles. The van der Waals surface area contributed by atoms with Crippen molar-refractivity contribution in [2.75, 3.05) is 26.7 Å². The number of morpholine rings is 1. The molecule has 0 bridgehead atoms. The van der Waals surface area contributed by atoms with Gasteiger partial charge in [0.1, 0.15) is 0 Å². The molecule has 130 valence electrons. The first kappa shape index (κ1) is 17.9. The molecule has 6 nitrogen and oxygen atoms in total. The van der Waals surface area contributed by atoms with Crippen molar-refractivity contribution in [3.05, 3.63) is 17.5 Å². The fourth-order valence-corrected chi connectivity index (χ4v) is 2.97. The molecule has 0 saturated carbocycles. The first-order valence-electron chi connectivity index (χ1n) is 8.58. The maximum Gasteiger partial charge on any atom is 0.255 e. The van der Waals surface area contributed by atoms with Crippen LogP contribution >= 0.6 is 0 Å². The molecule has 0 unspecified atom stereocenters. The number of carbonyl (C=O) groups is 1. The van der Waals surface area contributed by atoms with E-state index in [0.717, 1.165) is 31.7 Å². The van der Waals surface area contributed by atoms with Crippen molar-refractivity contribution in [3.63, 3.8) is 0 Å². The topological polar surface area (TPSA) is 59.4 Å². The maximum absolute atomic E-state index is 12.6. The van der Waals surface area contributed by atoms with Crippen molar-refractivity contribution in [1.82, 2.24) is 20.0 Å². The highest BCUT2D eigenvalue weighted by Crippen LogP contribution is 2.13. The van der Waals surface area contributed by atoms with Gasteiger partial charge in [0.2, 0.25) is 0 Å². The maximum atomic E-state index is 12.6. The smallest absolute Gasteiger partial charge is 0.255 e. The van der Waals surface area contributed by atoms with Crippen LogP contribution in [0.5, 0.6) is 0 Å². The Morgan fingerprint density at radius 3 is 2.83 bits per heavy atom. The number of carbonyl (C=O) groups excluding carboxylic acids is 1. The number of rotatable bonds is 6. The van der Waals surface area contributed by atoms with Crippen LogP contribution < -0.4 is 5.32 Å². The minimum absolute atomic E-state index is 0.0246. The van der Waals surface area contributed by atoms with E-state index in [-0.39, 0.29) is 18.1 Å². The number of nitrogens with zero attached hydrogens (tertiary/aromatic N) is 3. The van der Waals surface area contributed by atoms with Gasteiger partial charge in [-0.25, -0.2) is 0 Å². The van der Waals surface area contributed by atoms with Crippen LogP contribution in [0.15, 0.2) is 6.20 Å². The average molecular weight is 322 g/mol. The van der Waals surface area contributed by atoms with Gasteiger partial charge in [0, 0.05) is 19.6 Å². The zero-order valence-electron chi connectivity index (χ0n) is 15.0. The monoisotopic (exact) mass is 322 g/mol. The summed E-state index contributed by atoms with van der Waals surface area (Å²) >= 11 is 0. The van der Waals surface area contributed by atoms with Crippen LogP contribution in [-0.2, 0) is 17.7 Å². The number of ether oxygens (including phenoxy) is 1. The van der Waals surface area contributed by atoms with Gasteiger partial charge in [-0.15, -0.1) is 0 Å². The molecule has 0 aromatic carbocycles. The van der Waals surface area contributed by atoms with E-state index in [1.54, 1.807) is 6.20 Å². The quantitative estimate of drug-likeness (QED) is 0.863.